The van der Waals surface area contributed by atoms with Gasteiger partial charge >= 0.3 is 5.63 Å². The molecule has 1 saturated heterocycles. The number of hydrazine groups is 3. The maximum atomic E-state index is 12.1. The fraction of sp³-hybridized carbons (Fsp3) is 0.167. The molecule has 128 valence electrons. The van der Waals surface area contributed by atoms with Crippen LogP contribution in [0.3, 0.4) is 0 Å². The molecule has 0 saturated carbocycles. The van der Waals surface area contributed by atoms with Gasteiger partial charge in [0.1, 0.15) is 24.1 Å². The Bertz CT molecular complexity index is 950. The van der Waals surface area contributed by atoms with Crippen molar-refractivity contribution in [2.45, 2.75) is 13.1 Å². The van der Waals surface area contributed by atoms with E-state index in [2.05, 4.69) is 21.9 Å². The van der Waals surface area contributed by atoms with E-state index in [1.165, 1.54) is 6.07 Å². The topological polar surface area (TPSA) is 87.6 Å². The summed E-state index contributed by atoms with van der Waals surface area (Å²) in [5.74, 6) is 0.677. The first kappa shape index (κ1) is 15.8. The summed E-state index contributed by atoms with van der Waals surface area (Å²) in [4.78, 5) is 12.1. The number of ether oxygens (including phenoxy) is 1. The molecule has 1 aliphatic heterocycles. The van der Waals surface area contributed by atoms with Crippen molar-refractivity contribution in [1.29, 1.82) is 0 Å². The van der Waals surface area contributed by atoms with Gasteiger partial charge in [-0.3, -0.25) is 0 Å². The number of benzene rings is 2. The Hall–Kier alpha value is -2.71. The van der Waals surface area contributed by atoms with Gasteiger partial charge in [0.05, 0.1) is 0 Å². The maximum Gasteiger partial charge on any atom is 0.336 e. The van der Waals surface area contributed by atoms with Gasteiger partial charge in [-0.2, -0.15) is 11.1 Å². The van der Waals surface area contributed by atoms with Crippen molar-refractivity contribution >= 4 is 11.0 Å². The zero-order valence-corrected chi connectivity index (χ0v) is 13.6. The molecular weight excluding hydrogens is 320 g/mol. The highest BCUT2D eigenvalue weighted by atomic mass is 16.5. The van der Waals surface area contributed by atoms with E-state index in [0.717, 1.165) is 22.1 Å². The standard InChI is InChI=1S/C18H18N4O3/c1-11-15(24-10-16-19-21-22-20-16)8-7-13-14(9-17(23)25-18(11)13)12-5-3-2-4-6-12/h2-9,16,19-22H,10H2,1H3. The predicted molar refractivity (Wildman–Crippen MR) is 94.5 cm³/mol. The van der Waals surface area contributed by atoms with Gasteiger partial charge in [0.25, 0.3) is 0 Å². The molecule has 3 aromatic rings. The average molecular weight is 338 g/mol. The molecule has 1 aliphatic rings. The van der Waals surface area contributed by atoms with Gasteiger partial charge in [-0.25, -0.2) is 15.6 Å². The summed E-state index contributed by atoms with van der Waals surface area (Å²) < 4.78 is 11.3. The molecule has 7 heteroatoms. The number of hydrogen-bond donors (Lipinski definition) is 4. The van der Waals surface area contributed by atoms with E-state index in [-0.39, 0.29) is 11.8 Å². The average Bonchev–Trinajstić information content (AvgIpc) is 3.15. The fourth-order valence-corrected chi connectivity index (χ4v) is 2.89. The SMILES string of the molecule is Cc1c(OCC2NNNN2)ccc2c(-c3ccccc3)cc(=O)oc12. The molecule has 0 bridgehead atoms. The van der Waals surface area contributed by atoms with Crippen molar-refractivity contribution < 1.29 is 9.15 Å². The molecule has 1 fully saturated rings. The number of nitrogens with one attached hydrogen (secondary N) is 4. The van der Waals surface area contributed by atoms with E-state index in [4.69, 9.17) is 9.15 Å². The highest BCUT2D eigenvalue weighted by Gasteiger charge is 2.16. The lowest BCUT2D eigenvalue weighted by Gasteiger charge is -2.14. The Kier molecular flexibility index (Phi) is 4.21. The first-order valence-corrected chi connectivity index (χ1v) is 7.99. The Morgan fingerprint density at radius 1 is 1.08 bits per heavy atom. The Morgan fingerprint density at radius 2 is 1.84 bits per heavy atom. The normalized spacial score (nSPS) is 14.9. The van der Waals surface area contributed by atoms with Gasteiger partial charge in [-0.1, -0.05) is 30.3 Å². The minimum Gasteiger partial charge on any atom is -0.490 e. The van der Waals surface area contributed by atoms with Gasteiger partial charge in [-0.15, -0.1) is 0 Å². The quantitative estimate of drug-likeness (QED) is 0.537. The molecule has 4 N–H and O–H groups in total. The summed E-state index contributed by atoms with van der Waals surface area (Å²) in [6, 6.07) is 15.2. The van der Waals surface area contributed by atoms with Gasteiger partial charge in [0.15, 0.2) is 0 Å². The van der Waals surface area contributed by atoms with Crippen LogP contribution >= 0.6 is 0 Å². The third-order valence-electron chi connectivity index (χ3n) is 4.16. The zero-order chi connectivity index (χ0) is 17.2. The minimum atomic E-state index is -0.376. The summed E-state index contributed by atoms with van der Waals surface area (Å²) >= 11 is 0. The Balaban J connectivity index is 1.75. The van der Waals surface area contributed by atoms with Gasteiger partial charge in [-0.05, 0) is 30.2 Å². The smallest absolute Gasteiger partial charge is 0.336 e. The summed E-state index contributed by atoms with van der Waals surface area (Å²) in [6.45, 7) is 2.29. The number of aryl methyl sites for hydroxylation is 1. The maximum absolute atomic E-state index is 12.1. The van der Waals surface area contributed by atoms with Crippen LogP contribution in [0.4, 0.5) is 0 Å². The van der Waals surface area contributed by atoms with Gasteiger partial charge < -0.3 is 9.15 Å². The van der Waals surface area contributed by atoms with Crippen LogP contribution in [0.2, 0.25) is 0 Å². The van der Waals surface area contributed by atoms with Crippen LogP contribution in [0, 0.1) is 6.92 Å². The van der Waals surface area contributed by atoms with Crippen LogP contribution < -0.4 is 32.3 Å². The molecule has 2 aromatic carbocycles. The molecule has 4 rings (SSSR count). The molecule has 0 atom stereocenters. The van der Waals surface area contributed by atoms with Gasteiger partial charge in [0, 0.05) is 17.0 Å². The molecule has 2 heterocycles. The molecule has 7 nitrogen and oxygen atoms in total. The monoisotopic (exact) mass is 338 g/mol. The highest BCUT2D eigenvalue weighted by Crippen LogP contribution is 2.32. The lowest BCUT2D eigenvalue weighted by molar-refractivity contribution is 0.259. The second kappa shape index (κ2) is 6.66. The Labute approximate surface area is 143 Å². The van der Waals surface area contributed by atoms with E-state index in [1.807, 2.05) is 49.4 Å². The van der Waals surface area contributed by atoms with Crippen LogP contribution in [0.1, 0.15) is 5.56 Å². The molecule has 0 aliphatic carbocycles. The molecule has 0 unspecified atom stereocenters. The lowest BCUT2D eigenvalue weighted by Crippen LogP contribution is -2.39. The molecule has 0 spiro atoms. The zero-order valence-electron chi connectivity index (χ0n) is 13.6. The van der Waals surface area contributed by atoms with Crippen LogP contribution in [0.5, 0.6) is 5.75 Å². The molecule has 0 amide bonds. The summed E-state index contributed by atoms with van der Waals surface area (Å²) in [6.07, 6.45) is -0.0715. The molecule has 0 radical (unpaired) electrons. The number of hydrogen-bond acceptors (Lipinski definition) is 7. The van der Waals surface area contributed by atoms with E-state index in [0.29, 0.717) is 17.9 Å². The van der Waals surface area contributed by atoms with Crippen molar-refractivity contribution in [3.63, 3.8) is 0 Å². The molecule has 1 aromatic heterocycles. The van der Waals surface area contributed by atoms with Crippen molar-refractivity contribution in [2.75, 3.05) is 6.61 Å². The minimum absolute atomic E-state index is 0.0715. The van der Waals surface area contributed by atoms with E-state index in [9.17, 15) is 4.79 Å². The summed E-state index contributed by atoms with van der Waals surface area (Å²) in [5, 5.41) is 0.885. The van der Waals surface area contributed by atoms with Crippen LogP contribution in [0.15, 0.2) is 57.7 Å². The lowest BCUT2D eigenvalue weighted by atomic mass is 10.0. The Morgan fingerprint density at radius 3 is 2.60 bits per heavy atom. The van der Waals surface area contributed by atoms with E-state index in [1.54, 1.807) is 0 Å². The van der Waals surface area contributed by atoms with Gasteiger partial charge in [0.2, 0.25) is 0 Å². The number of rotatable bonds is 4. The molecular formula is C18H18N4O3. The third kappa shape index (κ3) is 3.13. The van der Waals surface area contributed by atoms with Crippen molar-refractivity contribution in [1.82, 2.24) is 21.9 Å². The molecule has 25 heavy (non-hydrogen) atoms. The van der Waals surface area contributed by atoms with Crippen LogP contribution in [-0.2, 0) is 0 Å². The predicted octanol–water partition coefficient (Wildman–Crippen LogP) is 1.59. The van der Waals surface area contributed by atoms with E-state index >= 15 is 0 Å². The van der Waals surface area contributed by atoms with Crippen molar-refractivity contribution in [3.05, 3.63) is 64.5 Å². The second-order valence-electron chi connectivity index (χ2n) is 5.81. The van der Waals surface area contributed by atoms with Crippen molar-refractivity contribution in [3.8, 4) is 16.9 Å². The summed E-state index contributed by atoms with van der Waals surface area (Å²) in [7, 11) is 0. The second-order valence-corrected chi connectivity index (χ2v) is 5.81. The van der Waals surface area contributed by atoms with Crippen LogP contribution in [0.25, 0.3) is 22.1 Å². The van der Waals surface area contributed by atoms with E-state index < -0.39 is 0 Å². The summed E-state index contributed by atoms with van der Waals surface area (Å²) in [5.41, 5.74) is 14.2. The first-order valence-electron chi connectivity index (χ1n) is 7.99. The first-order chi connectivity index (χ1) is 12.2. The number of fused-ring (bicyclic) bond motifs is 1. The third-order valence-corrected chi connectivity index (χ3v) is 4.16. The largest absolute Gasteiger partial charge is 0.490 e. The fourth-order valence-electron chi connectivity index (χ4n) is 2.89. The van der Waals surface area contributed by atoms with Crippen molar-refractivity contribution in [2.24, 2.45) is 0 Å². The van der Waals surface area contributed by atoms with Crippen LogP contribution in [-0.4, -0.2) is 12.8 Å². The highest BCUT2D eigenvalue weighted by molar-refractivity contribution is 5.95.